The lowest BCUT2D eigenvalue weighted by molar-refractivity contribution is -0.130. The van der Waals surface area contributed by atoms with Crippen LogP contribution in [0.1, 0.15) is 79.6 Å². The molecule has 3 heterocycles. The molecular formula is C35H46N8O6S. The predicted molar refractivity (Wildman–Crippen MR) is 190 cm³/mol. The molecule has 1 aliphatic heterocycles. The van der Waals surface area contributed by atoms with Crippen LogP contribution in [0.5, 0.6) is 0 Å². The van der Waals surface area contributed by atoms with Gasteiger partial charge in [-0.2, -0.15) is 0 Å². The third kappa shape index (κ3) is 10.3. The number of carbonyl (C=O) groups excluding carboxylic acids is 5. The molecule has 0 bridgehead atoms. The minimum atomic E-state index is -0.695. The molecule has 1 fully saturated rings. The average molecular weight is 707 g/mol. The van der Waals surface area contributed by atoms with Gasteiger partial charge in [0.25, 0.3) is 11.8 Å². The SMILES string of the molecule is CCNC(=O)[C@@H](NC(=O)[C@H](C)NC[C@H](Cc1cscn1)NC(=O)c1cc(C(=O)NC(C)c2cccnc2)cc(N2CC(C)OC2=O)c1)C(C)C. The van der Waals surface area contributed by atoms with E-state index in [0.29, 0.717) is 18.7 Å². The molecular weight excluding hydrogens is 661 g/mol. The van der Waals surface area contributed by atoms with Crippen molar-refractivity contribution in [1.29, 1.82) is 0 Å². The summed E-state index contributed by atoms with van der Waals surface area (Å²) in [6, 6.07) is 5.93. The van der Waals surface area contributed by atoms with Crippen molar-refractivity contribution in [3.05, 3.63) is 76.0 Å². The van der Waals surface area contributed by atoms with Gasteiger partial charge in [-0.05, 0) is 63.4 Å². The van der Waals surface area contributed by atoms with Crippen molar-refractivity contribution in [1.82, 2.24) is 36.6 Å². The van der Waals surface area contributed by atoms with E-state index in [9.17, 15) is 24.0 Å². The smallest absolute Gasteiger partial charge is 0.414 e. The largest absolute Gasteiger partial charge is 0.444 e. The highest BCUT2D eigenvalue weighted by molar-refractivity contribution is 7.07. The van der Waals surface area contributed by atoms with Crippen LogP contribution in [-0.4, -0.2) is 83.6 Å². The van der Waals surface area contributed by atoms with Crippen LogP contribution in [0.25, 0.3) is 0 Å². The molecule has 2 aromatic heterocycles. The van der Waals surface area contributed by atoms with Crippen molar-refractivity contribution in [2.24, 2.45) is 5.92 Å². The molecule has 3 aromatic rings. The van der Waals surface area contributed by atoms with E-state index in [4.69, 9.17) is 4.74 Å². The second kappa shape index (κ2) is 17.7. The van der Waals surface area contributed by atoms with Crippen LogP contribution in [0, 0.1) is 5.92 Å². The summed E-state index contributed by atoms with van der Waals surface area (Å²) in [4.78, 5) is 75.5. The standard InChI is InChI=1S/C35H46N8O6S/c1-7-37-34(47)30(20(2)3)42-31(44)23(6)38-16-27(14-28-18-50-19-39-28)41-33(46)26-11-25(12-29(13-26)43-17-21(4)49-35(43)48)32(45)40-22(5)24-9-8-10-36-15-24/h8-13,15,18-23,27,30,38H,7,14,16-17H2,1-6H3,(H,37,47)(H,40,45)(H,41,46)(H,42,44)/t21?,22?,23-,27-,30-/m0/s1. The van der Waals surface area contributed by atoms with Crippen LogP contribution in [0.3, 0.4) is 0 Å². The lowest BCUT2D eigenvalue weighted by Gasteiger charge is -2.25. The summed E-state index contributed by atoms with van der Waals surface area (Å²) in [6.07, 6.45) is 2.72. The van der Waals surface area contributed by atoms with E-state index in [1.54, 1.807) is 50.0 Å². The number of benzene rings is 1. The van der Waals surface area contributed by atoms with E-state index in [2.05, 4.69) is 36.6 Å². The monoisotopic (exact) mass is 706 g/mol. The van der Waals surface area contributed by atoms with Crippen molar-refractivity contribution in [2.45, 2.75) is 78.2 Å². The van der Waals surface area contributed by atoms with Gasteiger partial charge in [0.1, 0.15) is 12.1 Å². The fourth-order valence-corrected chi connectivity index (χ4v) is 5.95. The molecule has 14 nitrogen and oxygen atoms in total. The normalized spacial score (nSPS) is 16.6. The Morgan fingerprint density at radius 3 is 2.32 bits per heavy atom. The number of aromatic nitrogens is 2. The highest BCUT2D eigenvalue weighted by Crippen LogP contribution is 2.25. The first-order chi connectivity index (χ1) is 23.9. The molecule has 0 spiro atoms. The number of rotatable bonds is 16. The molecule has 5 atom stereocenters. The first-order valence-corrected chi connectivity index (χ1v) is 17.6. The Labute approximate surface area is 296 Å². The van der Waals surface area contributed by atoms with E-state index in [1.165, 1.54) is 22.3 Å². The van der Waals surface area contributed by atoms with E-state index in [0.717, 1.165) is 11.3 Å². The summed E-state index contributed by atoms with van der Waals surface area (Å²) >= 11 is 1.42. The van der Waals surface area contributed by atoms with Crippen LogP contribution >= 0.6 is 11.3 Å². The maximum Gasteiger partial charge on any atom is 0.414 e. The van der Waals surface area contributed by atoms with Gasteiger partial charge in [-0.15, -0.1) is 11.3 Å². The number of cyclic esters (lactones) is 1. The van der Waals surface area contributed by atoms with Crippen LogP contribution in [-0.2, 0) is 20.7 Å². The molecule has 0 saturated carbocycles. The fraction of sp³-hybridized carbons (Fsp3) is 0.457. The number of thiazole rings is 1. The van der Waals surface area contributed by atoms with Crippen molar-refractivity contribution < 1.29 is 28.7 Å². The van der Waals surface area contributed by atoms with Gasteiger partial charge in [-0.25, -0.2) is 9.78 Å². The van der Waals surface area contributed by atoms with Crippen LogP contribution in [0.4, 0.5) is 10.5 Å². The number of likely N-dealkylation sites (N-methyl/N-ethyl adjacent to an activating group) is 1. The summed E-state index contributed by atoms with van der Waals surface area (Å²) in [5.74, 6) is -1.66. The molecule has 15 heteroatoms. The topological polar surface area (TPSA) is 184 Å². The lowest BCUT2D eigenvalue weighted by atomic mass is 10.0. The van der Waals surface area contributed by atoms with Gasteiger partial charge in [-0.1, -0.05) is 19.9 Å². The third-order valence-electron chi connectivity index (χ3n) is 8.18. The molecule has 5 amide bonds. The molecule has 5 N–H and O–H groups in total. The van der Waals surface area contributed by atoms with Gasteiger partial charge in [0.15, 0.2) is 0 Å². The third-order valence-corrected chi connectivity index (χ3v) is 8.82. The Bertz CT molecular complexity index is 1640. The van der Waals surface area contributed by atoms with Crippen molar-refractivity contribution >= 4 is 46.7 Å². The Hall–Kier alpha value is -4.89. The first-order valence-electron chi connectivity index (χ1n) is 16.7. The van der Waals surface area contributed by atoms with Gasteiger partial charge in [0.05, 0.1) is 29.8 Å². The summed E-state index contributed by atoms with van der Waals surface area (Å²) in [5.41, 5.74) is 3.94. The van der Waals surface area contributed by atoms with Gasteiger partial charge < -0.3 is 31.3 Å². The highest BCUT2D eigenvalue weighted by Gasteiger charge is 2.31. The van der Waals surface area contributed by atoms with E-state index in [-0.39, 0.29) is 54.1 Å². The number of pyridine rings is 1. The minimum absolute atomic E-state index is 0.124. The van der Waals surface area contributed by atoms with Crippen LogP contribution in [0.2, 0.25) is 0 Å². The Kier molecular flexibility index (Phi) is 13.4. The van der Waals surface area contributed by atoms with Gasteiger partial charge in [-0.3, -0.25) is 29.1 Å². The van der Waals surface area contributed by atoms with Crippen LogP contribution in [0.15, 0.2) is 53.6 Å². The minimum Gasteiger partial charge on any atom is -0.444 e. The molecule has 50 heavy (non-hydrogen) atoms. The van der Waals surface area contributed by atoms with E-state index >= 15 is 0 Å². The number of amides is 5. The van der Waals surface area contributed by atoms with E-state index in [1.807, 2.05) is 39.1 Å². The van der Waals surface area contributed by atoms with Crippen molar-refractivity contribution in [2.75, 3.05) is 24.5 Å². The number of hydrogen-bond donors (Lipinski definition) is 5. The molecule has 1 saturated heterocycles. The zero-order chi connectivity index (χ0) is 36.4. The Balaban J connectivity index is 1.54. The number of carbonyl (C=O) groups is 5. The lowest BCUT2D eigenvalue weighted by Crippen LogP contribution is -2.55. The fourth-order valence-electron chi connectivity index (χ4n) is 5.38. The second-order valence-electron chi connectivity index (χ2n) is 12.7. The summed E-state index contributed by atoms with van der Waals surface area (Å²) < 4.78 is 5.32. The Morgan fingerprint density at radius 1 is 1.02 bits per heavy atom. The van der Waals surface area contributed by atoms with Gasteiger partial charge in [0, 0.05) is 60.1 Å². The number of nitrogens with zero attached hydrogens (tertiary/aromatic N) is 3. The predicted octanol–water partition coefficient (Wildman–Crippen LogP) is 2.97. The molecule has 1 aliphatic rings. The van der Waals surface area contributed by atoms with Gasteiger partial charge in [0.2, 0.25) is 11.8 Å². The molecule has 0 radical (unpaired) electrons. The summed E-state index contributed by atoms with van der Waals surface area (Å²) in [5, 5.41) is 16.6. The second-order valence-corrected chi connectivity index (χ2v) is 13.4. The molecule has 0 aliphatic carbocycles. The zero-order valence-corrected chi connectivity index (χ0v) is 30.0. The maximum atomic E-state index is 13.9. The van der Waals surface area contributed by atoms with Gasteiger partial charge >= 0.3 is 6.09 Å². The number of nitrogens with one attached hydrogen (secondary N) is 5. The summed E-state index contributed by atoms with van der Waals surface area (Å²) in [7, 11) is 0. The molecule has 268 valence electrons. The van der Waals surface area contributed by atoms with Crippen molar-refractivity contribution in [3.8, 4) is 0 Å². The van der Waals surface area contributed by atoms with E-state index < -0.39 is 36.0 Å². The molecule has 1 aromatic carbocycles. The highest BCUT2D eigenvalue weighted by atomic mass is 32.1. The maximum absolute atomic E-state index is 13.9. The quantitative estimate of drug-likeness (QED) is 0.150. The first kappa shape index (κ1) is 37.9. The summed E-state index contributed by atoms with van der Waals surface area (Å²) in [6.45, 7) is 11.7. The number of anilines is 1. The zero-order valence-electron chi connectivity index (χ0n) is 29.2. The molecule has 2 unspecified atom stereocenters. The Morgan fingerprint density at radius 2 is 1.74 bits per heavy atom. The average Bonchev–Trinajstić information content (AvgIpc) is 3.73. The van der Waals surface area contributed by atoms with Crippen LogP contribution < -0.4 is 31.5 Å². The van der Waals surface area contributed by atoms with Crippen molar-refractivity contribution in [3.63, 3.8) is 0 Å². The molecule has 4 rings (SSSR count). The number of hydrogen-bond acceptors (Lipinski definition) is 10. The number of ether oxygens (including phenoxy) is 1.